The van der Waals surface area contributed by atoms with E-state index in [1.807, 2.05) is 0 Å². The van der Waals surface area contributed by atoms with Gasteiger partial charge in [-0.2, -0.15) is 8.42 Å². The lowest BCUT2D eigenvalue weighted by molar-refractivity contribution is -0.137. The van der Waals surface area contributed by atoms with Crippen LogP contribution in [0.2, 0.25) is 0 Å². The average Bonchev–Trinajstić information content (AvgIpc) is 2.08. The zero-order valence-electron chi connectivity index (χ0n) is 8.06. The summed E-state index contributed by atoms with van der Waals surface area (Å²) >= 11 is 0. The molecule has 0 aliphatic rings. The van der Waals surface area contributed by atoms with E-state index in [0.717, 1.165) is 12.3 Å². The summed E-state index contributed by atoms with van der Waals surface area (Å²) in [6, 6.07) is 0. The highest BCUT2D eigenvalue weighted by Gasteiger charge is 2.00. The van der Waals surface area contributed by atoms with Crippen molar-refractivity contribution < 1.29 is 22.1 Å². The molecule has 0 saturated carbocycles. The summed E-state index contributed by atoms with van der Waals surface area (Å²) in [7, 11) is -3.36. The van der Waals surface area contributed by atoms with Crippen molar-refractivity contribution in [2.75, 3.05) is 19.5 Å². The number of hydrogen-bond donors (Lipinski definition) is 0. The lowest BCUT2D eigenvalue weighted by atomic mass is 10.3. The number of hydrogen-bond acceptors (Lipinski definition) is 5. The maximum Gasteiger partial charge on any atom is 0.330 e. The van der Waals surface area contributed by atoms with Gasteiger partial charge < -0.3 is 4.74 Å². The van der Waals surface area contributed by atoms with E-state index in [1.54, 1.807) is 0 Å². The van der Waals surface area contributed by atoms with Gasteiger partial charge in [0, 0.05) is 6.08 Å². The Morgan fingerprint density at radius 1 is 1.36 bits per heavy atom. The number of carbonyl (C=O) groups excluding carboxylic acids is 1. The van der Waals surface area contributed by atoms with Gasteiger partial charge in [-0.3, -0.25) is 4.18 Å². The van der Waals surface area contributed by atoms with Gasteiger partial charge in [0.05, 0.1) is 19.5 Å². The lowest BCUT2D eigenvalue weighted by Gasteiger charge is -2.02. The van der Waals surface area contributed by atoms with Gasteiger partial charge in [0.15, 0.2) is 0 Å². The van der Waals surface area contributed by atoms with Gasteiger partial charge in [-0.1, -0.05) is 6.58 Å². The van der Waals surface area contributed by atoms with Crippen molar-refractivity contribution in [2.24, 2.45) is 0 Å². The van der Waals surface area contributed by atoms with E-state index >= 15 is 0 Å². The lowest BCUT2D eigenvalue weighted by Crippen LogP contribution is -2.06. The Bertz CT molecular complexity index is 280. The molecule has 0 rings (SSSR count). The number of unbranched alkanes of at least 4 members (excludes halogenated alkanes) is 1. The fourth-order valence-electron chi connectivity index (χ4n) is 0.646. The predicted octanol–water partition coefficient (Wildman–Crippen LogP) is 0.472. The molecule has 0 unspecified atom stereocenters. The standard InChI is InChI=1S/C8H14O5S/c1-3-8(9)12-6-4-5-7-13-14(2,10)11/h3H,1,4-7H2,2H3. The van der Waals surface area contributed by atoms with E-state index in [0.29, 0.717) is 12.8 Å². The molecule has 0 aromatic heterocycles. The summed E-state index contributed by atoms with van der Waals surface area (Å²) in [5.74, 6) is -0.478. The second-order valence-electron chi connectivity index (χ2n) is 2.60. The maximum atomic E-state index is 10.5. The van der Waals surface area contributed by atoms with Crippen molar-refractivity contribution in [2.45, 2.75) is 12.8 Å². The number of ether oxygens (including phenoxy) is 1. The highest BCUT2D eigenvalue weighted by atomic mass is 32.2. The molecule has 0 aromatic rings. The molecule has 0 heterocycles. The van der Waals surface area contributed by atoms with Crippen molar-refractivity contribution in [3.8, 4) is 0 Å². The topological polar surface area (TPSA) is 69.7 Å². The third kappa shape index (κ3) is 9.21. The van der Waals surface area contributed by atoms with Crippen LogP contribution in [0.15, 0.2) is 12.7 Å². The van der Waals surface area contributed by atoms with Crippen molar-refractivity contribution >= 4 is 16.1 Å². The SMILES string of the molecule is C=CC(=O)OCCCCOS(C)(=O)=O. The summed E-state index contributed by atoms with van der Waals surface area (Å²) in [6.07, 6.45) is 3.16. The molecule has 0 amide bonds. The average molecular weight is 222 g/mol. The minimum absolute atomic E-state index is 0.116. The number of esters is 1. The molecule has 0 saturated heterocycles. The van der Waals surface area contributed by atoms with Crippen molar-refractivity contribution in [1.29, 1.82) is 0 Å². The Kier molecular flexibility index (Phi) is 6.14. The van der Waals surface area contributed by atoms with Crippen LogP contribution in [-0.2, 0) is 23.8 Å². The highest BCUT2D eigenvalue weighted by molar-refractivity contribution is 7.85. The molecule has 82 valence electrons. The van der Waals surface area contributed by atoms with E-state index in [9.17, 15) is 13.2 Å². The molecular weight excluding hydrogens is 208 g/mol. The molecular formula is C8H14O5S. The van der Waals surface area contributed by atoms with Crippen molar-refractivity contribution in [3.05, 3.63) is 12.7 Å². The molecule has 0 aliphatic carbocycles. The van der Waals surface area contributed by atoms with E-state index in [4.69, 9.17) is 0 Å². The highest BCUT2D eigenvalue weighted by Crippen LogP contribution is 1.95. The number of carbonyl (C=O) groups is 1. The van der Waals surface area contributed by atoms with Crippen LogP contribution in [0.25, 0.3) is 0 Å². The van der Waals surface area contributed by atoms with E-state index in [-0.39, 0.29) is 13.2 Å². The number of rotatable bonds is 7. The van der Waals surface area contributed by atoms with Gasteiger partial charge in [-0.15, -0.1) is 0 Å². The Labute approximate surface area is 83.8 Å². The van der Waals surface area contributed by atoms with E-state index < -0.39 is 16.1 Å². The van der Waals surface area contributed by atoms with Crippen LogP contribution < -0.4 is 0 Å². The van der Waals surface area contributed by atoms with Gasteiger partial charge >= 0.3 is 5.97 Å². The van der Waals surface area contributed by atoms with Crippen molar-refractivity contribution in [3.63, 3.8) is 0 Å². The molecule has 0 N–H and O–H groups in total. The zero-order valence-corrected chi connectivity index (χ0v) is 8.88. The van der Waals surface area contributed by atoms with Crippen LogP contribution in [0.3, 0.4) is 0 Å². The smallest absolute Gasteiger partial charge is 0.330 e. The summed E-state index contributed by atoms with van der Waals surface area (Å²) in [5, 5.41) is 0. The van der Waals surface area contributed by atoms with Crippen LogP contribution in [0.1, 0.15) is 12.8 Å². The van der Waals surface area contributed by atoms with Gasteiger partial charge in [0.25, 0.3) is 10.1 Å². The van der Waals surface area contributed by atoms with Crippen LogP contribution in [0, 0.1) is 0 Å². The van der Waals surface area contributed by atoms with Crippen LogP contribution in [-0.4, -0.2) is 33.9 Å². The quantitative estimate of drug-likeness (QED) is 0.271. The second kappa shape index (κ2) is 6.56. The second-order valence-corrected chi connectivity index (χ2v) is 4.25. The minimum atomic E-state index is -3.36. The van der Waals surface area contributed by atoms with Crippen LogP contribution >= 0.6 is 0 Å². The van der Waals surface area contributed by atoms with E-state index in [1.165, 1.54) is 0 Å². The van der Waals surface area contributed by atoms with E-state index in [2.05, 4.69) is 15.5 Å². The van der Waals surface area contributed by atoms with Gasteiger partial charge in [0.1, 0.15) is 0 Å². The first-order chi connectivity index (χ1) is 6.45. The molecule has 0 bridgehead atoms. The Morgan fingerprint density at radius 2 is 1.93 bits per heavy atom. The molecule has 0 spiro atoms. The Morgan fingerprint density at radius 3 is 2.43 bits per heavy atom. The maximum absolute atomic E-state index is 10.5. The van der Waals surface area contributed by atoms with Crippen LogP contribution in [0.5, 0.6) is 0 Å². The minimum Gasteiger partial charge on any atom is -0.463 e. The summed E-state index contributed by atoms with van der Waals surface area (Å²) < 4.78 is 30.1. The summed E-state index contributed by atoms with van der Waals surface area (Å²) in [5.41, 5.74) is 0. The first-order valence-electron chi connectivity index (χ1n) is 4.09. The Hall–Kier alpha value is -0.880. The summed E-state index contributed by atoms with van der Waals surface area (Å²) in [6.45, 7) is 3.59. The molecule has 5 nitrogen and oxygen atoms in total. The fraction of sp³-hybridized carbons (Fsp3) is 0.625. The van der Waals surface area contributed by atoms with Gasteiger partial charge in [0.2, 0.25) is 0 Å². The molecule has 0 aromatic carbocycles. The Balaban J connectivity index is 3.31. The molecule has 0 fully saturated rings. The third-order valence-corrected chi connectivity index (χ3v) is 1.84. The third-order valence-electron chi connectivity index (χ3n) is 1.25. The van der Waals surface area contributed by atoms with Gasteiger partial charge in [-0.25, -0.2) is 4.79 Å². The predicted molar refractivity (Wildman–Crippen MR) is 51.2 cm³/mol. The fourth-order valence-corrected chi connectivity index (χ4v) is 1.07. The molecule has 14 heavy (non-hydrogen) atoms. The first kappa shape index (κ1) is 13.1. The summed E-state index contributed by atoms with van der Waals surface area (Å²) in [4.78, 5) is 10.5. The largest absolute Gasteiger partial charge is 0.463 e. The van der Waals surface area contributed by atoms with Gasteiger partial charge in [-0.05, 0) is 12.8 Å². The first-order valence-corrected chi connectivity index (χ1v) is 5.91. The zero-order chi connectivity index (χ0) is 11.0. The molecule has 0 atom stereocenters. The molecule has 0 aliphatic heterocycles. The van der Waals surface area contributed by atoms with Crippen LogP contribution in [0.4, 0.5) is 0 Å². The normalized spacial score (nSPS) is 10.9. The molecule has 0 radical (unpaired) electrons. The molecule has 6 heteroatoms. The van der Waals surface area contributed by atoms with Crippen molar-refractivity contribution in [1.82, 2.24) is 0 Å². The monoisotopic (exact) mass is 222 g/mol.